The van der Waals surface area contributed by atoms with E-state index in [1.165, 1.54) is 11.1 Å². The molecule has 0 bridgehead atoms. The number of nitrogens with two attached hydrogens (primary N) is 1. The molecule has 3 heteroatoms. The van der Waals surface area contributed by atoms with E-state index in [-0.39, 0.29) is 6.61 Å². The third-order valence-corrected chi connectivity index (χ3v) is 3.57. The summed E-state index contributed by atoms with van der Waals surface area (Å²) in [5.41, 5.74) is 2.51. The highest BCUT2D eigenvalue weighted by molar-refractivity contribution is 5.42. The Morgan fingerprint density at radius 2 is 1.91 bits per heavy atom. The molecule has 0 heterocycles. The SMILES string of the molecule is C#CCOc1ccc(C[NH2+][C@@H](C)c2ccccc2)cc1OC. The van der Waals surface area contributed by atoms with Crippen molar-refractivity contribution in [2.75, 3.05) is 13.7 Å². The Morgan fingerprint density at radius 1 is 1.14 bits per heavy atom. The first kappa shape index (κ1) is 15.9. The molecule has 22 heavy (non-hydrogen) atoms. The van der Waals surface area contributed by atoms with Crippen LogP contribution in [0.25, 0.3) is 0 Å². The van der Waals surface area contributed by atoms with Gasteiger partial charge in [-0.05, 0) is 25.1 Å². The highest BCUT2D eigenvalue weighted by Crippen LogP contribution is 2.27. The Hall–Kier alpha value is -2.44. The van der Waals surface area contributed by atoms with E-state index in [4.69, 9.17) is 15.9 Å². The van der Waals surface area contributed by atoms with Crippen molar-refractivity contribution in [3.05, 3.63) is 59.7 Å². The zero-order valence-electron chi connectivity index (χ0n) is 13.1. The van der Waals surface area contributed by atoms with Gasteiger partial charge in [0, 0.05) is 11.1 Å². The summed E-state index contributed by atoms with van der Waals surface area (Å²) in [6, 6.07) is 16.8. The fourth-order valence-electron chi connectivity index (χ4n) is 2.28. The number of quaternary nitrogens is 1. The fraction of sp³-hybridized carbons (Fsp3) is 0.263. The first-order valence-electron chi connectivity index (χ1n) is 7.36. The van der Waals surface area contributed by atoms with Crippen molar-refractivity contribution < 1.29 is 14.8 Å². The van der Waals surface area contributed by atoms with Gasteiger partial charge in [-0.2, -0.15) is 0 Å². The second kappa shape index (κ2) is 8.11. The van der Waals surface area contributed by atoms with Crippen molar-refractivity contribution in [3.63, 3.8) is 0 Å². The molecule has 2 N–H and O–H groups in total. The van der Waals surface area contributed by atoms with Crippen LogP contribution in [-0.2, 0) is 6.54 Å². The van der Waals surface area contributed by atoms with Gasteiger partial charge in [-0.15, -0.1) is 6.42 Å². The van der Waals surface area contributed by atoms with Gasteiger partial charge in [0.2, 0.25) is 0 Å². The van der Waals surface area contributed by atoms with Crippen LogP contribution in [0, 0.1) is 12.3 Å². The molecule has 0 unspecified atom stereocenters. The molecule has 1 atom stereocenters. The highest BCUT2D eigenvalue weighted by atomic mass is 16.5. The zero-order valence-corrected chi connectivity index (χ0v) is 13.1. The molecule has 0 aliphatic rings. The van der Waals surface area contributed by atoms with Crippen LogP contribution in [-0.4, -0.2) is 13.7 Å². The predicted molar refractivity (Wildman–Crippen MR) is 87.8 cm³/mol. The largest absolute Gasteiger partial charge is 0.493 e. The third-order valence-electron chi connectivity index (χ3n) is 3.57. The van der Waals surface area contributed by atoms with Gasteiger partial charge < -0.3 is 14.8 Å². The summed E-state index contributed by atoms with van der Waals surface area (Å²) in [6.45, 7) is 3.33. The van der Waals surface area contributed by atoms with Gasteiger partial charge in [0.15, 0.2) is 11.5 Å². The molecular weight excluding hydrogens is 274 g/mol. The van der Waals surface area contributed by atoms with E-state index < -0.39 is 0 Å². The average molecular weight is 296 g/mol. The summed E-state index contributed by atoms with van der Waals surface area (Å²) in [4.78, 5) is 0. The summed E-state index contributed by atoms with van der Waals surface area (Å²) in [6.07, 6.45) is 5.21. The molecule has 2 aromatic rings. The number of methoxy groups -OCH3 is 1. The standard InChI is InChI=1S/C19H21NO2/c1-4-12-22-18-11-10-16(13-19(18)21-3)14-20-15(2)17-8-6-5-7-9-17/h1,5-11,13,15,20H,12,14H2,2-3H3/p+1/t15-/m0/s1. The van der Waals surface area contributed by atoms with E-state index in [1.54, 1.807) is 7.11 Å². The molecular formula is C19H22NO2+. The molecule has 2 aromatic carbocycles. The van der Waals surface area contributed by atoms with E-state index in [0.717, 1.165) is 6.54 Å². The van der Waals surface area contributed by atoms with Gasteiger partial charge in [-0.1, -0.05) is 36.3 Å². The number of rotatable bonds is 7. The first-order chi connectivity index (χ1) is 10.7. The Labute approximate surface area is 132 Å². The third kappa shape index (κ3) is 4.28. The lowest BCUT2D eigenvalue weighted by Crippen LogP contribution is -2.83. The summed E-state index contributed by atoms with van der Waals surface area (Å²) in [7, 11) is 1.64. The van der Waals surface area contributed by atoms with Crippen LogP contribution >= 0.6 is 0 Å². The number of terminal acetylenes is 1. The van der Waals surface area contributed by atoms with Gasteiger partial charge in [0.1, 0.15) is 19.2 Å². The summed E-state index contributed by atoms with van der Waals surface area (Å²) in [5, 5.41) is 2.30. The van der Waals surface area contributed by atoms with E-state index in [2.05, 4.69) is 42.4 Å². The molecule has 0 spiro atoms. The minimum absolute atomic E-state index is 0.243. The van der Waals surface area contributed by atoms with Crippen LogP contribution in [0.15, 0.2) is 48.5 Å². The molecule has 0 aliphatic heterocycles. The Kier molecular flexibility index (Phi) is 5.88. The van der Waals surface area contributed by atoms with Gasteiger partial charge in [-0.3, -0.25) is 0 Å². The molecule has 3 nitrogen and oxygen atoms in total. The lowest BCUT2D eigenvalue weighted by molar-refractivity contribution is -0.707. The first-order valence-corrected chi connectivity index (χ1v) is 7.36. The Morgan fingerprint density at radius 3 is 2.59 bits per heavy atom. The zero-order chi connectivity index (χ0) is 15.8. The monoisotopic (exact) mass is 296 g/mol. The fourth-order valence-corrected chi connectivity index (χ4v) is 2.28. The highest BCUT2D eigenvalue weighted by Gasteiger charge is 2.10. The molecule has 0 radical (unpaired) electrons. The van der Waals surface area contributed by atoms with Crippen LogP contribution in [0.5, 0.6) is 11.5 Å². The van der Waals surface area contributed by atoms with Gasteiger partial charge in [0.05, 0.1) is 7.11 Å². The van der Waals surface area contributed by atoms with Gasteiger partial charge in [0.25, 0.3) is 0 Å². The summed E-state index contributed by atoms with van der Waals surface area (Å²) in [5.74, 6) is 3.85. The van der Waals surface area contributed by atoms with Crippen molar-refractivity contribution in [2.24, 2.45) is 0 Å². The van der Waals surface area contributed by atoms with Crippen LogP contribution in [0.3, 0.4) is 0 Å². The second-order valence-electron chi connectivity index (χ2n) is 5.12. The number of ether oxygens (including phenoxy) is 2. The normalized spacial score (nSPS) is 11.5. The Balaban J connectivity index is 2.00. The Bertz CT molecular complexity index is 632. The van der Waals surface area contributed by atoms with Crippen molar-refractivity contribution in [3.8, 4) is 23.8 Å². The minimum atomic E-state index is 0.243. The van der Waals surface area contributed by atoms with Crippen molar-refractivity contribution in [2.45, 2.75) is 19.5 Å². The summed E-state index contributed by atoms with van der Waals surface area (Å²) >= 11 is 0. The van der Waals surface area contributed by atoms with Crippen LogP contribution < -0.4 is 14.8 Å². The van der Waals surface area contributed by atoms with Gasteiger partial charge >= 0.3 is 0 Å². The van der Waals surface area contributed by atoms with E-state index >= 15 is 0 Å². The van der Waals surface area contributed by atoms with Crippen molar-refractivity contribution >= 4 is 0 Å². The number of benzene rings is 2. The quantitative estimate of drug-likeness (QED) is 0.797. The molecule has 0 saturated carbocycles. The van der Waals surface area contributed by atoms with Crippen molar-refractivity contribution in [1.29, 1.82) is 0 Å². The maximum Gasteiger partial charge on any atom is 0.162 e. The minimum Gasteiger partial charge on any atom is -0.493 e. The van der Waals surface area contributed by atoms with E-state index in [0.29, 0.717) is 17.5 Å². The summed E-state index contributed by atoms with van der Waals surface area (Å²) < 4.78 is 10.8. The van der Waals surface area contributed by atoms with Gasteiger partial charge in [-0.25, -0.2) is 0 Å². The topological polar surface area (TPSA) is 35.1 Å². The van der Waals surface area contributed by atoms with E-state index in [9.17, 15) is 0 Å². The number of hydrogen-bond donors (Lipinski definition) is 1. The van der Waals surface area contributed by atoms with Crippen molar-refractivity contribution in [1.82, 2.24) is 0 Å². The van der Waals surface area contributed by atoms with Crippen LogP contribution in [0.1, 0.15) is 24.1 Å². The molecule has 0 fully saturated rings. The molecule has 2 rings (SSSR count). The molecule has 0 saturated heterocycles. The average Bonchev–Trinajstić information content (AvgIpc) is 2.58. The lowest BCUT2D eigenvalue weighted by Gasteiger charge is -2.13. The maximum atomic E-state index is 5.46. The van der Waals surface area contributed by atoms with E-state index in [1.807, 2.05) is 24.3 Å². The molecule has 114 valence electrons. The molecule has 0 amide bonds. The van der Waals surface area contributed by atoms with Crippen LogP contribution in [0.4, 0.5) is 0 Å². The lowest BCUT2D eigenvalue weighted by atomic mass is 10.1. The van der Waals surface area contributed by atoms with Crippen LogP contribution in [0.2, 0.25) is 0 Å². The molecule has 0 aromatic heterocycles. The smallest absolute Gasteiger partial charge is 0.162 e. The number of hydrogen-bond acceptors (Lipinski definition) is 2. The molecule has 0 aliphatic carbocycles. The predicted octanol–water partition coefficient (Wildman–Crippen LogP) is 2.53. The second-order valence-corrected chi connectivity index (χ2v) is 5.12. The maximum absolute atomic E-state index is 5.46.